The summed E-state index contributed by atoms with van der Waals surface area (Å²) in [7, 11) is 0. The quantitative estimate of drug-likeness (QED) is 0.876. The third-order valence-electron chi connectivity index (χ3n) is 3.16. The molecule has 3 rings (SSSR count). The maximum absolute atomic E-state index is 5.95. The Kier molecular flexibility index (Phi) is 2.73. The Morgan fingerprint density at radius 1 is 1.18 bits per heavy atom. The van der Waals surface area contributed by atoms with Crippen molar-refractivity contribution in [2.24, 2.45) is 5.73 Å². The molecule has 2 N–H and O–H groups in total. The molecule has 1 atom stereocenters. The SMILES string of the molecule is NC1Cc2cc(-c3cccc(Br)c3)cnc2C1. The van der Waals surface area contributed by atoms with Crippen molar-refractivity contribution in [1.82, 2.24) is 4.98 Å². The van der Waals surface area contributed by atoms with Crippen molar-refractivity contribution < 1.29 is 0 Å². The van der Waals surface area contributed by atoms with Crippen LogP contribution in [0.5, 0.6) is 0 Å². The van der Waals surface area contributed by atoms with E-state index in [0.717, 1.165) is 23.0 Å². The first kappa shape index (κ1) is 10.9. The average molecular weight is 289 g/mol. The number of nitrogens with two attached hydrogens (primary N) is 1. The second kappa shape index (κ2) is 4.24. The predicted octanol–water partition coefficient (Wildman–Crippen LogP) is 2.94. The van der Waals surface area contributed by atoms with E-state index in [0.29, 0.717) is 0 Å². The van der Waals surface area contributed by atoms with Crippen molar-refractivity contribution in [2.45, 2.75) is 18.9 Å². The van der Waals surface area contributed by atoms with Crippen molar-refractivity contribution >= 4 is 15.9 Å². The summed E-state index contributed by atoms with van der Waals surface area (Å²) < 4.78 is 1.09. The van der Waals surface area contributed by atoms with Crippen LogP contribution in [0.25, 0.3) is 11.1 Å². The molecule has 2 nitrogen and oxygen atoms in total. The topological polar surface area (TPSA) is 38.9 Å². The van der Waals surface area contributed by atoms with E-state index in [2.05, 4.69) is 39.1 Å². The Morgan fingerprint density at radius 2 is 2.06 bits per heavy atom. The van der Waals surface area contributed by atoms with Gasteiger partial charge in [0.15, 0.2) is 0 Å². The smallest absolute Gasteiger partial charge is 0.0452 e. The number of hydrogen-bond donors (Lipinski definition) is 1. The number of fused-ring (bicyclic) bond motifs is 1. The van der Waals surface area contributed by atoms with Crippen LogP contribution in [-0.2, 0) is 12.8 Å². The minimum Gasteiger partial charge on any atom is -0.327 e. The summed E-state index contributed by atoms with van der Waals surface area (Å²) in [5, 5.41) is 0. The van der Waals surface area contributed by atoms with Gasteiger partial charge in [-0.3, -0.25) is 4.98 Å². The summed E-state index contributed by atoms with van der Waals surface area (Å²) in [4.78, 5) is 4.52. The van der Waals surface area contributed by atoms with Crippen molar-refractivity contribution in [2.75, 3.05) is 0 Å². The Morgan fingerprint density at radius 3 is 2.88 bits per heavy atom. The lowest BCUT2D eigenvalue weighted by molar-refractivity contribution is 0.716. The van der Waals surface area contributed by atoms with Gasteiger partial charge in [0, 0.05) is 34.4 Å². The summed E-state index contributed by atoms with van der Waals surface area (Å²) in [6, 6.07) is 10.7. The normalized spacial score (nSPS) is 18.1. The second-order valence-electron chi connectivity index (χ2n) is 4.51. The van der Waals surface area contributed by atoms with E-state index in [1.807, 2.05) is 18.3 Å². The molecule has 1 unspecified atom stereocenters. The fraction of sp³-hybridized carbons (Fsp3) is 0.214. The molecule has 0 saturated carbocycles. The van der Waals surface area contributed by atoms with E-state index in [1.54, 1.807) is 0 Å². The van der Waals surface area contributed by atoms with Gasteiger partial charge in [-0.2, -0.15) is 0 Å². The molecule has 3 heteroatoms. The zero-order valence-corrected chi connectivity index (χ0v) is 10.9. The molecule has 0 saturated heterocycles. The van der Waals surface area contributed by atoms with E-state index in [1.165, 1.54) is 16.7 Å². The Bertz CT molecular complexity index is 566. The second-order valence-corrected chi connectivity index (χ2v) is 5.42. The Hall–Kier alpha value is -1.19. The van der Waals surface area contributed by atoms with Gasteiger partial charge in [-0.05, 0) is 35.7 Å². The predicted molar refractivity (Wildman–Crippen MR) is 72.8 cm³/mol. The van der Waals surface area contributed by atoms with Crippen LogP contribution in [0.3, 0.4) is 0 Å². The molecule has 1 heterocycles. The van der Waals surface area contributed by atoms with Gasteiger partial charge in [-0.1, -0.05) is 28.1 Å². The molecular weight excluding hydrogens is 276 g/mol. The highest BCUT2D eigenvalue weighted by molar-refractivity contribution is 9.10. The lowest BCUT2D eigenvalue weighted by Crippen LogP contribution is -2.19. The van der Waals surface area contributed by atoms with Crippen LogP contribution >= 0.6 is 15.9 Å². The van der Waals surface area contributed by atoms with E-state index >= 15 is 0 Å². The lowest BCUT2D eigenvalue weighted by atomic mass is 10.1. The number of halogens is 1. The standard InChI is InChI=1S/C14H13BrN2/c15-12-3-1-2-9(5-12)11-4-10-6-13(16)7-14(10)17-8-11/h1-5,8,13H,6-7,16H2. The summed E-state index contributed by atoms with van der Waals surface area (Å²) in [5.74, 6) is 0. The van der Waals surface area contributed by atoms with E-state index in [-0.39, 0.29) is 6.04 Å². The lowest BCUT2D eigenvalue weighted by Gasteiger charge is -2.04. The maximum atomic E-state index is 5.95. The van der Waals surface area contributed by atoms with E-state index in [4.69, 9.17) is 5.73 Å². The summed E-state index contributed by atoms with van der Waals surface area (Å²) >= 11 is 3.49. The number of pyridine rings is 1. The molecule has 1 aromatic heterocycles. The molecular formula is C14H13BrN2. The highest BCUT2D eigenvalue weighted by atomic mass is 79.9. The number of aromatic nitrogens is 1. The molecule has 1 aliphatic carbocycles. The first-order chi connectivity index (χ1) is 8.22. The molecule has 1 aliphatic rings. The van der Waals surface area contributed by atoms with Gasteiger partial charge in [0.05, 0.1) is 0 Å². The number of benzene rings is 1. The fourth-order valence-electron chi connectivity index (χ4n) is 2.33. The Labute approximate surface area is 109 Å². The minimum atomic E-state index is 0.246. The summed E-state index contributed by atoms with van der Waals surface area (Å²) in [6.07, 6.45) is 3.80. The Balaban J connectivity index is 2.03. The average Bonchev–Trinajstić information content (AvgIpc) is 2.68. The molecule has 2 aromatic rings. The van der Waals surface area contributed by atoms with Gasteiger partial charge in [0.25, 0.3) is 0 Å². The summed E-state index contributed by atoms with van der Waals surface area (Å²) in [6.45, 7) is 0. The van der Waals surface area contributed by atoms with Gasteiger partial charge in [-0.15, -0.1) is 0 Å². The first-order valence-electron chi connectivity index (χ1n) is 5.72. The molecule has 0 aliphatic heterocycles. The van der Waals surface area contributed by atoms with Crippen molar-refractivity contribution in [3.8, 4) is 11.1 Å². The van der Waals surface area contributed by atoms with Crippen LogP contribution in [0.2, 0.25) is 0 Å². The summed E-state index contributed by atoms with van der Waals surface area (Å²) in [5.41, 5.74) is 10.8. The van der Waals surface area contributed by atoms with E-state index in [9.17, 15) is 0 Å². The van der Waals surface area contributed by atoms with Crippen LogP contribution < -0.4 is 5.73 Å². The zero-order chi connectivity index (χ0) is 11.8. The molecule has 0 spiro atoms. The van der Waals surface area contributed by atoms with Crippen LogP contribution in [0.15, 0.2) is 41.0 Å². The monoisotopic (exact) mass is 288 g/mol. The molecule has 0 radical (unpaired) electrons. The molecule has 0 bridgehead atoms. The van der Waals surface area contributed by atoms with E-state index < -0.39 is 0 Å². The van der Waals surface area contributed by atoms with Gasteiger partial charge in [-0.25, -0.2) is 0 Å². The largest absolute Gasteiger partial charge is 0.327 e. The first-order valence-corrected chi connectivity index (χ1v) is 6.51. The number of hydrogen-bond acceptors (Lipinski definition) is 2. The van der Waals surface area contributed by atoms with Gasteiger partial charge < -0.3 is 5.73 Å². The minimum absolute atomic E-state index is 0.246. The van der Waals surface area contributed by atoms with Gasteiger partial charge >= 0.3 is 0 Å². The third kappa shape index (κ3) is 2.13. The third-order valence-corrected chi connectivity index (χ3v) is 3.65. The van der Waals surface area contributed by atoms with Crippen LogP contribution in [-0.4, -0.2) is 11.0 Å². The molecule has 0 fully saturated rings. The molecule has 17 heavy (non-hydrogen) atoms. The molecule has 0 amide bonds. The van der Waals surface area contributed by atoms with Crippen molar-refractivity contribution in [1.29, 1.82) is 0 Å². The molecule has 1 aromatic carbocycles. The number of rotatable bonds is 1. The maximum Gasteiger partial charge on any atom is 0.0452 e. The van der Waals surface area contributed by atoms with Crippen LogP contribution in [0.4, 0.5) is 0 Å². The highest BCUT2D eigenvalue weighted by Gasteiger charge is 2.19. The highest BCUT2D eigenvalue weighted by Crippen LogP contribution is 2.27. The zero-order valence-electron chi connectivity index (χ0n) is 9.36. The number of nitrogens with zero attached hydrogens (tertiary/aromatic N) is 1. The van der Waals surface area contributed by atoms with Crippen molar-refractivity contribution in [3.05, 3.63) is 52.3 Å². The van der Waals surface area contributed by atoms with Gasteiger partial charge in [0.1, 0.15) is 0 Å². The van der Waals surface area contributed by atoms with Crippen LogP contribution in [0, 0.1) is 0 Å². The molecule has 86 valence electrons. The fourth-order valence-corrected chi connectivity index (χ4v) is 2.73. The van der Waals surface area contributed by atoms with Crippen molar-refractivity contribution in [3.63, 3.8) is 0 Å². The van der Waals surface area contributed by atoms with Crippen LogP contribution in [0.1, 0.15) is 11.3 Å². The van der Waals surface area contributed by atoms with Gasteiger partial charge in [0.2, 0.25) is 0 Å².